The van der Waals surface area contributed by atoms with Gasteiger partial charge in [-0.25, -0.2) is 0 Å². The third kappa shape index (κ3) is 77.3. The summed E-state index contributed by atoms with van der Waals surface area (Å²) in [6, 6.07) is 0. The average Bonchev–Trinajstić information content (AvgIpc) is 2.57. The van der Waals surface area contributed by atoms with Crippen LogP contribution in [0.5, 0.6) is 0 Å². The van der Waals surface area contributed by atoms with Crippen LogP contribution in [0.3, 0.4) is 0 Å². The fourth-order valence-electron chi connectivity index (χ4n) is 1.76. The molecule has 0 spiro atoms. The molecule has 0 unspecified atom stereocenters. The molecule has 3 heteroatoms. The molecule has 0 aromatic carbocycles. The molecule has 0 rings (SSSR count). The Morgan fingerprint density at radius 3 is 0.880 bits per heavy atom. The van der Waals surface area contributed by atoms with Crippen molar-refractivity contribution in [3.63, 3.8) is 0 Å². The van der Waals surface area contributed by atoms with Crippen LogP contribution in [0, 0.1) is 12.8 Å². The zero-order valence-corrected chi connectivity index (χ0v) is 22.9. The summed E-state index contributed by atoms with van der Waals surface area (Å²) in [5.74, 6) is 1.90. The Morgan fingerprint density at radius 2 is 0.680 bits per heavy atom. The summed E-state index contributed by atoms with van der Waals surface area (Å²) in [5, 5.41) is 0. The second-order valence-corrected chi connectivity index (χ2v) is 6.91. The third-order valence-corrected chi connectivity index (χ3v) is 3.57. The van der Waals surface area contributed by atoms with Crippen LogP contribution in [0.1, 0.15) is 119 Å². The summed E-state index contributed by atoms with van der Waals surface area (Å²) >= 11 is 9.66. The number of hydrogen-bond donors (Lipinski definition) is 0. The van der Waals surface area contributed by atoms with Gasteiger partial charge in [0.05, 0.1) is 0 Å². The monoisotopic (exact) mass is 496 g/mol. The Morgan fingerprint density at radius 1 is 0.480 bits per heavy atom. The molecule has 0 heterocycles. The molecule has 0 atom stereocenters. The zero-order chi connectivity index (χ0) is 19.3. The van der Waals surface area contributed by atoms with E-state index < -0.39 is 0 Å². The Bertz CT molecular complexity index is 116. The summed E-state index contributed by atoms with van der Waals surface area (Å²) in [7, 11) is 0. The van der Waals surface area contributed by atoms with Crippen molar-refractivity contribution in [2.24, 2.45) is 0 Å². The van der Waals surface area contributed by atoms with Crippen LogP contribution in [0.15, 0.2) is 0 Å². The van der Waals surface area contributed by atoms with E-state index in [0.717, 1.165) is 11.5 Å². The smallest absolute Gasteiger partial charge is 0.793 e. The van der Waals surface area contributed by atoms with Crippen molar-refractivity contribution in [2.45, 2.75) is 119 Å². The minimum atomic E-state index is 0. The summed E-state index contributed by atoms with van der Waals surface area (Å²) in [6.45, 7) is 12.5. The molecular formula is C22H48S2Sn. The maximum atomic E-state index is 4.83. The first-order valence-corrected chi connectivity index (χ1v) is 11.5. The molecule has 0 saturated heterocycles. The van der Waals surface area contributed by atoms with Crippen LogP contribution < -0.4 is 0 Å². The van der Waals surface area contributed by atoms with E-state index in [0.29, 0.717) is 0 Å². The van der Waals surface area contributed by atoms with E-state index in [2.05, 4.69) is 13.8 Å². The molecule has 0 bridgehead atoms. The van der Waals surface area contributed by atoms with Gasteiger partial charge in [-0.05, 0) is 12.8 Å². The first-order valence-electron chi connectivity index (χ1n) is 10.3. The van der Waals surface area contributed by atoms with Gasteiger partial charge >= 0.3 is 23.9 Å². The van der Waals surface area contributed by atoms with Crippen molar-refractivity contribution in [1.29, 1.82) is 0 Å². The van der Waals surface area contributed by atoms with E-state index in [4.69, 9.17) is 25.3 Å². The van der Waals surface area contributed by atoms with Gasteiger partial charge in [0.1, 0.15) is 0 Å². The maximum absolute atomic E-state index is 4.83. The van der Waals surface area contributed by atoms with Gasteiger partial charge in [0, 0.05) is 0 Å². The van der Waals surface area contributed by atoms with Crippen LogP contribution >= 0.6 is 0 Å². The predicted octanol–water partition coefficient (Wildman–Crippen LogP) is 7.87. The van der Waals surface area contributed by atoms with E-state index in [9.17, 15) is 0 Å². The molecule has 152 valence electrons. The van der Waals surface area contributed by atoms with Crippen molar-refractivity contribution in [1.82, 2.24) is 0 Å². The molecule has 0 aliphatic heterocycles. The molecule has 0 aliphatic carbocycles. The largest absolute Gasteiger partial charge is 2.00 e. The first-order chi connectivity index (χ1) is 11.7. The molecule has 0 saturated carbocycles. The normalized spacial score (nSPS) is 8.64. The van der Waals surface area contributed by atoms with Crippen molar-refractivity contribution < 1.29 is 0 Å². The molecule has 0 aromatic heterocycles. The quantitative estimate of drug-likeness (QED) is 0.154. The summed E-state index contributed by atoms with van der Waals surface area (Å²) in [4.78, 5) is 0. The Kier molecular flexibility index (Phi) is 74.5. The van der Waals surface area contributed by atoms with Crippen molar-refractivity contribution >= 4 is 49.2 Å². The van der Waals surface area contributed by atoms with Gasteiger partial charge < -0.3 is 25.3 Å². The van der Waals surface area contributed by atoms with E-state index in [-0.39, 0.29) is 23.9 Å². The van der Waals surface area contributed by atoms with Gasteiger partial charge in [-0.1, -0.05) is 119 Å². The van der Waals surface area contributed by atoms with Crippen molar-refractivity contribution in [3.05, 3.63) is 12.8 Å². The van der Waals surface area contributed by atoms with E-state index in [1.807, 2.05) is 40.5 Å². The van der Waals surface area contributed by atoms with Gasteiger partial charge in [-0.2, -0.15) is 11.5 Å². The van der Waals surface area contributed by atoms with Crippen LogP contribution in [-0.4, -0.2) is 35.4 Å². The fraction of sp³-hybridized carbons (Fsp3) is 0.909. The van der Waals surface area contributed by atoms with Gasteiger partial charge in [-0.3, -0.25) is 0 Å². The van der Waals surface area contributed by atoms with Crippen LogP contribution in [0.4, 0.5) is 0 Å². The second-order valence-electron chi connectivity index (χ2n) is 6.10. The zero-order valence-electron chi connectivity index (χ0n) is 18.4. The molecule has 0 aromatic rings. The number of unbranched alkanes of at least 4 members (excludes halogenated alkanes) is 10. The molecular weight excluding hydrogens is 447 g/mol. The summed E-state index contributed by atoms with van der Waals surface area (Å²) < 4.78 is 0. The summed E-state index contributed by atoms with van der Waals surface area (Å²) in [6.07, 6.45) is 20.3. The molecule has 0 aliphatic rings. The van der Waals surface area contributed by atoms with Crippen LogP contribution in [0.25, 0.3) is 0 Å². The fourth-order valence-corrected chi connectivity index (χ4v) is 2.17. The summed E-state index contributed by atoms with van der Waals surface area (Å²) in [5.41, 5.74) is 0. The molecule has 0 nitrogen and oxygen atoms in total. The van der Waals surface area contributed by atoms with Gasteiger partial charge in [0.2, 0.25) is 0 Å². The second kappa shape index (κ2) is 50.0. The predicted molar refractivity (Wildman–Crippen MR) is 128 cm³/mol. The number of hydrogen-bond acceptors (Lipinski definition) is 2. The Labute approximate surface area is 191 Å². The molecule has 25 heavy (non-hydrogen) atoms. The Hall–Kier alpha value is 1.50. The SMILES string of the molecule is CCCCCCCC[S-].CCCCCCCC[S-].C[CH]C.C[CH]C.[Sn+2]. The topological polar surface area (TPSA) is 0 Å². The van der Waals surface area contributed by atoms with E-state index in [1.54, 1.807) is 0 Å². The molecule has 0 fully saturated rings. The van der Waals surface area contributed by atoms with Gasteiger partial charge in [0.15, 0.2) is 0 Å². The van der Waals surface area contributed by atoms with E-state index >= 15 is 0 Å². The third-order valence-electron chi connectivity index (χ3n) is 3.00. The Balaban J connectivity index is -0.0000000788. The maximum Gasteiger partial charge on any atom is 2.00 e. The number of rotatable bonds is 12. The average molecular weight is 495 g/mol. The van der Waals surface area contributed by atoms with E-state index in [1.165, 1.54) is 77.0 Å². The van der Waals surface area contributed by atoms with Crippen LogP contribution in [0.2, 0.25) is 0 Å². The standard InChI is InChI=1S/2C8H18S.2C3H7.Sn/c2*1-2-3-4-5-6-7-8-9;2*1-3-2;/h2*9H,2-8H2,1H3;2*3H,1-2H3;/q;;;;+2/p-2. The van der Waals surface area contributed by atoms with Crippen molar-refractivity contribution in [2.75, 3.05) is 11.5 Å². The minimum Gasteiger partial charge on any atom is -0.793 e. The van der Waals surface area contributed by atoms with Crippen molar-refractivity contribution in [3.8, 4) is 0 Å². The molecule has 0 amide bonds. The molecule has 0 N–H and O–H groups in total. The van der Waals surface area contributed by atoms with Gasteiger partial charge in [0.25, 0.3) is 0 Å². The first kappa shape index (κ1) is 37.3. The minimum absolute atomic E-state index is 0. The van der Waals surface area contributed by atoms with Crippen LogP contribution in [-0.2, 0) is 25.3 Å². The molecule has 4 radical (unpaired) electrons. The van der Waals surface area contributed by atoms with Gasteiger partial charge in [-0.15, -0.1) is 0 Å².